The van der Waals surface area contributed by atoms with E-state index in [1.807, 2.05) is 20.8 Å². The predicted molar refractivity (Wildman–Crippen MR) is 87.2 cm³/mol. The molecule has 1 heterocycles. The highest BCUT2D eigenvalue weighted by molar-refractivity contribution is 5.75. The van der Waals surface area contributed by atoms with Crippen molar-refractivity contribution < 1.29 is 14.4 Å². The first-order valence-corrected chi connectivity index (χ1v) is 8.90. The van der Waals surface area contributed by atoms with Crippen molar-refractivity contribution in [2.45, 2.75) is 72.3 Å². The molecule has 0 radical (unpaired) electrons. The Morgan fingerprint density at radius 1 is 1.23 bits per heavy atom. The number of rotatable bonds is 5. The molecule has 0 N–H and O–H groups in total. The molecule has 1 saturated heterocycles. The van der Waals surface area contributed by atoms with Crippen LogP contribution >= 0.6 is 0 Å². The highest BCUT2D eigenvalue weighted by atomic mass is 16.7. The number of hydrogen-bond acceptors (Lipinski definition) is 4. The number of ether oxygens (including phenoxy) is 1. The van der Waals surface area contributed by atoms with Crippen LogP contribution in [-0.2, 0) is 14.4 Å². The lowest BCUT2D eigenvalue weighted by Crippen LogP contribution is -2.68. The van der Waals surface area contributed by atoms with E-state index in [2.05, 4.69) is 13.8 Å². The van der Waals surface area contributed by atoms with Crippen LogP contribution in [-0.4, -0.2) is 36.3 Å². The van der Waals surface area contributed by atoms with Crippen LogP contribution in [0, 0.1) is 17.3 Å². The molecule has 22 heavy (non-hydrogen) atoms. The molecule has 0 aromatic carbocycles. The Morgan fingerprint density at radius 3 is 2.41 bits per heavy atom. The average Bonchev–Trinajstić information content (AvgIpc) is 2.41. The summed E-state index contributed by atoms with van der Waals surface area (Å²) in [6.45, 7) is 12.4. The second-order valence-electron chi connectivity index (χ2n) is 8.21. The summed E-state index contributed by atoms with van der Waals surface area (Å²) < 4.78 is 6.29. The quantitative estimate of drug-likeness (QED) is 0.774. The van der Waals surface area contributed by atoms with Crippen LogP contribution in [0.2, 0.25) is 0 Å². The molecule has 2 unspecified atom stereocenters. The lowest BCUT2D eigenvalue weighted by Gasteiger charge is -2.54. The Balaban J connectivity index is 1.97. The summed E-state index contributed by atoms with van der Waals surface area (Å²) in [5.74, 6) is 1.14. The topological polar surface area (TPSA) is 38.8 Å². The molecule has 2 aliphatic rings. The molecule has 0 aromatic rings. The van der Waals surface area contributed by atoms with E-state index in [4.69, 9.17) is 9.57 Å². The highest BCUT2D eigenvalue weighted by Crippen LogP contribution is 2.44. The van der Waals surface area contributed by atoms with Crippen LogP contribution < -0.4 is 0 Å². The molecule has 0 spiro atoms. The van der Waals surface area contributed by atoms with Crippen molar-refractivity contribution in [2.24, 2.45) is 17.3 Å². The van der Waals surface area contributed by atoms with E-state index in [9.17, 15) is 4.79 Å². The van der Waals surface area contributed by atoms with Crippen LogP contribution in [0.1, 0.15) is 66.7 Å². The SMILES string of the molecule is CCCOC1(C2CCCCC2C)CN(OC(=O)C(C)(C)C)C1. The lowest BCUT2D eigenvalue weighted by molar-refractivity contribution is -0.296. The summed E-state index contributed by atoms with van der Waals surface area (Å²) in [7, 11) is 0. The van der Waals surface area contributed by atoms with E-state index in [1.165, 1.54) is 25.7 Å². The zero-order chi connectivity index (χ0) is 16.4. The number of carbonyl (C=O) groups excluding carboxylic acids is 1. The zero-order valence-electron chi connectivity index (χ0n) is 15.0. The monoisotopic (exact) mass is 311 g/mol. The molecule has 2 fully saturated rings. The summed E-state index contributed by atoms with van der Waals surface area (Å²) in [6, 6.07) is 0. The number of carbonyl (C=O) groups is 1. The molecule has 1 aliphatic heterocycles. The van der Waals surface area contributed by atoms with Crippen molar-refractivity contribution >= 4 is 5.97 Å². The van der Waals surface area contributed by atoms with Gasteiger partial charge in [0.15, 0.2) is 0 Å². The third-order valence-electron chi connectivity index (χ3n) is 5.09. The van der Waals surface area contributed by atoms with Crippen LogP contribution in [0.15, 0.2) is 0 Å². The number of nitrogens with zero attached hydrogens (tertiary/aromatic N) is 1. The molecule has 1 aliphatic carbocycles. The third-order valence-corrected chi connectivity index (χ3v) is 5.09. The van der Waals surface area contributed by atoms with Gasteiger partial charge in [-0.1, -0.05) is 33.1 Å². The first kappa shape index (κ1) is 17.7. The minimum Gasteiger partial charge on any atom is -0.372 e. The summed E-state index contributed by atoms with van der Waals surface area (Å²) >= 11 is 0. The number of hydroxylamine groups is 2. The molecule has 0 amide bonds. The van der Waals surface area contributed by atoms with Crippen molar-refractivity contribution in [1.29, 1.82) is 0 Å². The van der Waals surface area contributed by atoms with E-state index in [1.54, 1.807) is 5.06 Å². The second kappa shape index (κ2) is 6.88. The summed E-state index contributed by atoms with van der Waals surface area (Å²) in [5, 5.41) is 1.80. The zero-order valence-corrected chi connectivity index (χ0v) is 15.0. The normalized spacial score (nSPS) is 29.0. The van der Waals surface area contributed by atoms with E-state index < -0.39 is 5.41 Å². The van der Waals surface area contributed by atoms with E-state index in [0.717, 1.165) is 26.1 Å². The minimum absolute atomic E-state index is 0.103. The van der Waals surface area contributed by atoms with Gasteiger partial charge in [-0.25, -0.2) is 4.79 Å². The van der Waals surface area contributed by atoms with Crippen molar-refractivity contribution in [1.82, 2.24) is 5.06 Å². The van der Waals surface area contributed by atoms with E-state index in [-0.39, 0.29) is 11.6 Å². The standard InChI is InChI=1S/C18H33NO3/c1-6-11-21-18(15-10-8-7-9-14(15)2)12-19(13-18)22-16(20)17(3,4)5/h14-15H,6-13H2,1-5H3. The van der Waals surface area contributed by atoms with Gasteiger partial charge in [0, 0.05) is 6.61 Å². The molecule has 128 valence electrons. The maximum atomic E-state index is 12.0. The molecule has 0 aromatic heterocycles. The molecular formula is C18H33NO3. The van der Waals surface area contributed by atoms with Crippen LogP contribution in [0.25, 0.3) is 0 Å². The maximum absolute atomic E-state index is 12.0. The molecule has 1 saturated carbocycles. The van der Waals surface area contributed by atoms with Gasteiger partial charge >= 0.3 is 5.97 Å². The Kier molecular flexibility index (Phi) is 5.54. The van der Waals surface area contributed by atoms with Gasteiger partial charge in [-0.2, -0.15) is 0 Å². The molecular weight excluding hydrogens is 278 g/mol. The summed E-state index contributed by atoms with van der Waals surface area (Å²) in [6.07, 6.45) is 6.21. The van der Waals surface area contributed by atoms with Crippen molar-refractivity contribution in [3.63, 3.8) is 0 Å². The Bertz CT molecular complexity index is 382. The van der Waals surface area contributed by atoms with Gasteiger partial charge in [-0.3, -0.25) is 0 Å². The maximum Gasteiger partial charge on any atom is 0.330 e. The Labute approximate surface area is 135 Å². The van der Waals surface area contributed by atoms with Gasteiger partial charge in [0.2, 0.25) is 0 Å². The first-order valence-electron chi connectivity index (χ1n) is 8.90. The highest BCUT2D eigenvalue weighted by Gasteiger charge is 2.53. The van der Waals surface area contributed by atoms with Crippen LogP contribution in [0.4, 0.5) is 0 Å². The van der Waals surface area contributed by atoms with E-state index >= 15 is 0 Å². The smallest absolute Gasteiger partial charge is 0.330 e. The fraction of sp³-hybridized carbons (Fsp3) is 0.944. The van der Waals surface area contributed by atoms with Gasteiger partial charge in [0.25, 0.3) is 0 Å². The second-order valence-corrected chi connectivity index (χ2v) is 8.21. The van der Waals surface area contributed by atoms with Gasteiger partial charge < -0.3 is 9.57 Å². The van der Waals surface area contributed by atoms with E-state index in [0.29, 0.717) is 11.8 Å². The van der Waals surface area contributed by atoms with Crippen molar-refractivity contribution in [3.8, 4) is 0 Å². The molecule has 0 bridgehead atoms. The van der Waals surface area contributed by atoms with Crippen molar-refractivity contribution in [2.75, 3.05) is 19.7 Å². The predicted octanol–water partition coefficient (Wildman–Crippen LogP) is 3.80. The molecule has 4 nitrogen and oxygen atoms in total. The fourth-order valence-electron chi connectivity index (χ4n) is 3.71. The largest absolute Gasteiger partial charge is 0.372 e. The molecule has 2 rings (SSSR count). The Morgan fingerprint density at radius 2 is 1.86 bits per heavy atom. The van der Waals surface area contributed by atoms with Crippen molar-refractivity contribution in [3.05, 3.63) is 0 Å². The fourth-order valence-corrected chi connectivity index (χ4v) is 3.71. The van der Waals surface area contributed by atoms with Gasteiger partial charge in [-0.15, -0.1) is 5.06 Å². The molecule has 2 atom stereocenters. The summed E-state index contributed by atoms with van der Waals surface area (Å²) in [5.41, 5.74) is -0.561. The average molecular weight is 311 g/mol. The number of hydrogen-bond donors (Lipinski definition) is 0. The van der Waals surface area contributed by atoms with Gasteiger partial charge in [0.1, 0.15) is 5.60 Å². The minimum atomic E-state index is -0.458. The van der Waals surface area contributed by atoms with Crippen LogP contribution in [0.3, 0.4) is 0 Å². The third kappa shape index (κ3) is 3.83. The Hall–Kier alpha value is -0.610. The van der Waals surface area contributed by atoms with Crippen LogP contribution in [0.5, 0.6) is 0 Å². The van der Waals surface area contributed by atoms with Gasteiger partial charge in [-0.05, 0) is 45.4 Å². The first-order chi connectivity index (χ1) is 10.3. The lowest BCUT2D eigenvalue weighted by atomic mass is 9.68. The van der Waals surface area contributed by atoms with Gasteiger partial charge in [0.05, 0.1) is 18.5 Å². The molecule has 4 heteroatoms. The summed E-state index contributed by atoms with van der Waals surface area (Å²) in [4.78, 5) is 17.6.